The Kier molecular flexibility index (Phi) is 4.69. The third-order valence-corrected chi connectivity index (χ3v) is 6.39. The molecule has 27 heavy (non-hydrogen) atoms. The van der Waals surface area contributed by atoms with Crippen LogP contribution in [-0.2, 0) is 4.79 Å². The van der Waals surface area contributed by atoms with Crippen molar-refractivity contribution in [2.45, 2.75) is 38.1 Å². The summed E-state index contributed by atoms with van der Waals surface area (Å²) in [6.07, 6.45) is 3.47. The van der Waals surface area contributed by atoms with Gasteiger partial charge in [0.2, 0.25) is 0 Å². The lowest BCUT2D eigenvalue weighted by atomic mass is 9.76. The van der Waals surface area contributed by atoms with E-state index in [0.717, 1.165) is 36.8 Å². The van der Waals surface area contributed by atoms with Crippen LogP contribution in [0.4, 0.5) is 0 Å². The lowest BCUT2D eigenvalue weighted by Gasteiger charge is -2.36. The monoisotopic (exact) mass is 401 g/mol. The maximum Gasteiger partial charge on any atom is 0.256 e. The van der Waals surface area contributed by atoms with Gasteiger partial charge in [0.1, 0.15) is 5.76 Å². The standard InChI is InChI=1S/C22H21Cl2NO2/c1-13-8-10-22(11-9-13)20(26)19(21(27)25-22)17-12-15(4-7-18(17)24)14-2-5-16(23)6-3-14/h2-7,12-13,26H,8-11H2,1H3,(H,25,27). The van der Waals surface area contributed by atoms with Crippen molar-refractivity contribution in [1.82, 2.24) is 5.32 Å². The van der Waals surface area contributed by atoms with Crippen LogP contribution in [0.15, 0.2) is 48.2 Å². The van der Waals surface area contributed by atoms with Gasteiger partial charge in [-0.2, -0.15) is 0 Å². The van der Waals surface area contributed by atoms with Crippen LogP contribution in [0.1, 0.15) is 38.2 Å². The Morgan fingerprint density at radius 3 is 2.33 bits per heavy atom. The third-order valence-electron chi connectivity index (χ3n) is 5.81. The van der Waals surface area contributed by atoms with Crippen LogP contribution >= 0.6 is 23.2 Å². The van der Waals surface area contributed by atoms with E-state index in [1.807, 2.05) is 36.4 Å². The highest BCUT2D eigenvalue weighted by Gasteiger charge is 2.47. The van der Waals surface area contributed by atoms with E-state index in [0.29, 0.717) is 27.1 Å². The van der Waals surface area contributed by atoms with Gasteiger partial charge in [-0.1, -0.05) is 48.3 Å². The van der Waals surface area contributed by atoms with E-state index in [2.05, 4.69) is 12.2 Å². The first-order valence-corrected chi connectivity index (χ1v) is 9.97. The topological polar surface area (TPSA) is 49.3 Å². The van der Waals surface area contributed by atoms with Crippen LogP contribution in [-0.4, -0.2) is 16.6 Å². The number of nitrogens with one attached hydrogen (secondary N) is 1. The van der Waals surface area contributed by atoms with Crippen molar-refractivity contribution in [2.24, 2.45) is 5.92 Å². The molecule has 2 aliphatic rings. The first kappa shape index (κ1) is 18.4. The summed E-state index contributed by atoms with van der Waals surface area (Å²) in [6.45, 7) is 2.21. The quantitative estimate of drug-likeness (QED) is 0.647. The molecule has 140 valence electrons. The molecule has 0 radical (unpaired) electrons. The van der Waals surface area contributed by atoms with E-state index in [-0.39, 0.29) is 11.7 Å². The molecule has 5 heteroatoms. The zero-order valence-corrected chi connectivity index (χ0v) is 16.6. The molecule has 0 unspecified atom stereocenters. The molecule has 1 aliphatic heterocycles. The number of carbonyl (C=O) groups is 1. The maximum absolute atomic E-state index is 12.8. The Morgan fingerprint density at radius 2 is 1.67 bits per heavy atom. The van der Waals surface area contributed by atoms with Crippen LogP contribution in [0.25, 0.3) is 16.7 Å². The van der Waals surface area contributed by atoms with Gasteiger partial charge in [0.25, 0.3) is 5.91 Å². The smallest absolute Gasteiger partial charge is 0.256 e. The first-order chi connectivity index (χ1) is 12.9. The van der Waals surface area contributed by atoms with E-state index in [1.54, 1.807) is 6.07 Å². The first-order valence-electron chi connectivity index (χ1n) is 9.22. The van der Waals surface area contributed by atoms with Gasteiger partial charge in [0, 0.05) is 15.6 Å². The second kappa shape index (κ2) is 6.88. The minimum absolute atomic E-state index is 0.134. The molecule has 1 amide bonds. The van der Waals surface area contributed by atoms with E-state index in [1.165, 1.54) is 0 Å². The maximum atomic E-state index is 12.8. The summed E-state index contributed by atoms with van der Waals surface area (Å²) in [6, 6.07) is 13.0. The van der Waals surface area contributed by atoms with Crippen LogP contribution in [0.5, 0.6) is 0 Å². The molecule has 2 aromatic rings. The van der Waals surface area contributed by atoms with Gasteiger partial charge in [0.15, 0.2) is 0 Å². The van der Waals surface area contributed by atoms with Crippen molar-refractivity contribution >= 4 is 34.7 Å². The number of aliphatic hydroxyl groups is 1. The number of carbonyl (C=O) groups excluding carboxylic acids is 1. The van der Waals surface area contributed by atoms with Gasteiger partial charge in [-0.3, -0.25) is 4.79 Å². The predicted octanol–water partition coefficient (Wildman–Crippen LogP) is 6.01. The summed E-state index contributed by atoms with van der Waals surface area (Å²) in [7, 11) is 0. The largest absolute Gasteiger partial charge is 0.509 e. The molecule has 2 aromatic carbocycles. The highest BCUT2D eigenvalue weighted by atomic mass is 35.5. The molecule has 1 aliphatic carbocycles. The number of hydrogen-bond donors (Lipinski definition) is 2. The van der Waals surface area contributed by atoms with Crippen molar-refractivity contribution in [3.05, 3.63) is 63.8 Å². The summed E-state index contributed by atoms with van der Waals surface area (Å²) in [5, 5.41) is 15.2. The van der Waals surface area contributed by atoms with Gasteiger partial charge in [-0.05, 0) is 67.0 Å². The van der Waals surface area contributed by atoms with Crippen LogP contribution in [0.3, 0.4) is 0 Å². The summed E-state index contributed by atoms with van der Waals surface area (Å²) in [4.78, 5) is 12.8. The van der Waals surface area contributed by atoms with Gasteiger partial charge in [-0.25, -0.2) is 0 Å². The predicted molar refractivity (Wildman–Crippen MR) is 110 cm³/mol. The Balaban J connectivity index is 1.78. The van der Waals surface area contributed by atoms with Gasteiger partial charge >= 0.3 is 0 Å². The molecule has 3 nitrogen and oxygen atoms in total. The minimum atomic E-state index is -0.640. The summed E-state index contributed by atoms with van der Waals surface area (Å²) in [5.74, 6) is 0.493. The molecule has 1 spiro atoms. The molecular formula is C22H21Cl2NO2. The number of halogens is 2. The normalized spacial score (nSPS) is 25.1. The minimum Gasteiger partial charge on any atom is -0.509 e. The van der Waals surface area contributed by atoms with Crippen LogP contribution < -0.4 is 5.32 Å². The highest BCUT2D eigenvalue weighted by Crippen LogP contribution is 2.44. The zero-order chi connectivity index (χ0) is 19.2. The Hall–Kier alpha value is -1.97. The van der Waals surface area contributed by atoms with Crippen molar-refractivity contribution in [3.8, 4) is 11.1 Å². The number of benzene rings is 2. The molecule has 0 saturated heterocycles. The SMILES string of the molecule is CC1CCC2(CC1)NC(=O)C(c1cc(-c3ccc(Cl)cc3)ccc1Cl)=C2O. The molecule has 0 bridgehead atoms. The Labute approximate surface area is 169 Å². The van der Waals surface area contributed by atoms with Crippen LogP contribution in [0.2, 0.25) is 10.0 Å². The van der Waals surface area contributed by atoms with Gasteiger partial charge in [-0.15, -0.1) is 0 Å². The molecule has 1 saturated carbocycles. The lowest BCUT2D eigenvalue weighted by Crippen LogP contribution is -2.47. The van der Waals surface area contributed by atoms with Gasteiger partial charge in [0.05, 0.1) is 11.1 Å². The van der Waals surface area contributed by atoms with Crippen molar-refractivity contribution < 1.29 is 9.90 Å². The summed E-state index contributed by atoms with van der Waals surface area (Å²) in [5.41, 5.74) is 2.10. The fourth-order valence-corrected chi connectivity index (χ4v) is 4.43. The van der Waals surface area contributed by atoms with Gasteiger partial charge < -0.3 is 10.4 Å². The fourth-order valence-electron chi connectivity index (χ4n) is 4.09. The molecular weight excluding hydrogens is 381 g/mol. The molecule has 0 aromatic heterocycles. The molecule has 2 N–H and O–H groups in total. The van der Waals surface area contributed by atoms with Crippen molar-refractivity contribution in [3.63, 3.8) is 0 Å². The van der Waals surface area contributed by atoms with Crippen molar-refractivity contribution in [2.75, 3.05) is 0 Å². The van der Waals surface area contributed by atoms with E-state index < -0.39 is 5.54 Å². The van der Waals surface area contributed by atoms with Crippen molar-refractivity contribution in [1.29, 1.82) is 0 Å². The summed E-state index contributed by atoms with van der Waals surface area (Å²) >= 11 is 12.4. The third kappa shape index (κ3) is 3.24. The van der Waals surface area contributed by atoms with E-state index in [9.17, 15) is 9.90 Å². The van der Waals surface area contributed by atoms with Crippen LogP contribution in [0, 0.1) is 5.92 Å². The average molecular weight is 402 g/mol. The number of hydrogen-bond acceptors (Lipinski definition) is 2. The number of rotatable bonds is 2. The molecule has 1 heterocycles. The Morgan fingerprint density at radius 1 is 1.04 bits per heavy atom. The average Bonchev–Trinajstić information content (AvgIpc) is 2.89. The number of amides is 1. The molecule has 1 fully saturated rings. The Bertz CT molecular complexity index is 926. The second-order valence-electron chi connectivity index (χ2n) is 7.64. The van der Waals surface area contributed by atoms with E-state index >= 15 is 0 Å². The number of aliphatic hydroxyl groups excluding tert-OH is 1. The zero-order valence-electron chi connectivity index (χ0n) is 15.1. The highest BCUT2D eigenvalue weighted by molar-refractivity contribution is 6.35. The summed E-state index contributed by atoms with van der Waals surface area (Å²) < 4.78 is 0. The fraction of sp³-hybridized carbons (Fsp3) is 0.318. The van der Waals surface area contributed by atoms with E-state index in [4.69, 9.17) is 23.2 Å². The molecule has 0 atom stereocenters. The second-order valence-corrected chi connectivity index (χ2v) is 8.49. The lowest BCUT2D eigenvalue weighted by molar-refractivity contribution is -0.116. The molecule has 4 rings (SSSR count).